The van der Waals surface area contributed by atoms with Crippen LogP contribution in [0.2, 0.25) is 0 Å². The van der Waals surface area contributed by atoms with Crippen LogP contribution in [-0.2, 0) is 0 Å². The minimum Gasteiger partial charge on any atom is -0.318 e. The van der Waals surface area contributed by atoms with Gasteiger partial charge in [0.25, 0.3) is 0 Å². The van der Waals surface area contributed by atoms with Gasteiger partial charge in [0.2, 0.25) is 0 Å². The first-order valence-corrected chi connectivity index (χ1v) is 4.07. The van der Waals surface area contributed by atoms with E-state index in [2.05, 4.69) is 11.4 Å². The molecule has 0 amide bonds. The van der Waals surface area contributed by atoms with E-state index in [-0.39, 0.29) is 11.7 Å². The number of nitrogens with one attached hydrogen (secondary N) is 1. The van der Waals surface area contributed by atoms with Crippen molar-refractivity contribution in [2.75, 3.05) is 13.6 Å². The maximum Gasteiger partial charge on any atom is 0.123 e. The molecule has 1 atom stereocenters. The minimum atomic E-state index is -0.297. The second kappa shape index (κ2) is 4.58. The predicted octanol–water partition coefficient (Wildman–Crippen LogP) is 1.65. The highest BCUT2D eigenvalue weighted by Gasteiger charge is 2.09. The first-order chi connectivity index (χ1) is 6.27. The molecule has 1 aromatic carbocycles. The van der Waals surface area contributed by atoms with Crippen LogP contribution in [-0.4, -0.2) is 13.6 Å². The summed E-state index contributed by atoms with van der Waals surface area (Å²) in [5, 5.41) is 11.7. The van der Waals surface area contributed by atoms with E-state index in [1.54, 1.807) is 19.2 Å². The van der Waals surface area contributed by atoms with Crippen LogP contribution < -0.4 is 5.32 Å². The molecule has 0 aliphatic rings. The van der Waals surface area contributed by atoms with E-state index in [9.17, 15) is 4.39 Å². The van der Waals surface area contributed by atoms with Crippen LogP contribution in [0.1, 0.15) is 11.5 Å². The fourth-order valence-electron chi connectivity index (χ4n) is 1.17. The van der Waals surface area contributed by atoms with Crippen molar-refractivity contribution in [3.63, 3.8) is 0 Å². The molecule has 3 heteroatoms. The van der Waals surface area contributed by atoms with Crippen molar-refractivity contribution in [2.45, 2.75) is 5.92 Å². The van der Waals surface area contributed by atoms with E-state index < -0.39 is 0 Å². The van der Waals surface area contributed by atoms with E-state index in [1.807, 2.05) is 0 Å². The zero-order valence-electron chi connectivity index (χ0n) is 7.42. The molecule has 1 unspecified atom stereocenters. The summed E-state index contributed by atoms with van der Waals surface area (Å²) in [6, 6.07) is 8.26. The Bertz CT molecular complexity index is 317. The lowest BCUT2D eigenvalue weighted by Crippen LogP contribution is -2.15. The van der Waals surface area contributed by atoms with Gasteiger partial charge in [0.1, 0.15) is 5.82 Å². The molecule has 0 radical (unpaired) electrons. The van der Waals surface area contributed by atoms with Gasteiger partial charge in [-0.3, -0.25) is 0 Å². The number of hydrogen-bond donors (Lipinski definition) is 1. The molecule has 0 aliphatic carbocycles. The summed E-state index contributed by atoms with van der Waals surface area (Å²) in [4.78, 5) is 0. The fourth-order valence-corrected chi connectivity index (χ4v) is 1.17. The smallest absolute Gasteiger partial charge is 0.123 e. The molecule has 1 N–H and O–H groups in total. The SMILES string of the molecule is CNCC(C#N)c1cccc(F)c1. The Balaban J connectivity index is 2.86. The van der Waals surface area contributed by atoms with Gasteiger partial charge in [0, 0.05) is 6.54 Å². The van der Waals surface area contributed by atoms with Gasteiger partial charge in [-0.2, -0.15) is 5.26 Å². The summed E-state index contributed by atoms with van der Waals surface area (Å²) in [5.74, 6) is -0.574. The molecular weight excluding hydrogens is 167 g/mol. The number of benzene rings is 1. The van der Waals surface area contributed by atoms with E-state index in [0.29, 0.717) is 6.54 Å². The second-order valence-electron chi connectivity index (χ2n) is 2.79. The van der Waals surface area contributed by atoms with Gasteiger partial charge in [-0.25, -0.2) is 4.39 Å². The Kier molecular flexibility index (Phi) is 3.41. The third-order valence-electron chi connectivity index (χ3n) is 1.82. The lowest BCUT2D eigenvalue weighted by atomic mass is 10.0. The molecule has 2 nitrogen and oxygen atoms in total. The predicted molar refractivity (Wildman–Crippen MR) is 48.7 cm³/mol. The van der Waals surface area contributed by atoms with Crippen molar-refractivity contribution < 1.29 is 4.39 Å². The molecule has 0 spiro atoms. The normalized spacial score (nSPS) is 12.1. The van der Waals surface area contributed by atoms with Gasteiger partial charge in [-0.1, -0.05) is 12.1 Å². The number of hydrogen-bond acceptors (Lipinski definition) is 2. The van der Waals surface area contributed by atoms with Crippen LogP contribution in [0.15, 0.2) is 24.3 Å². The summed E-state index contributed by atoms with van der Waals surface area (Å²) < 4.78 is 12.8. The number of nitrogens with zero attached hydrogens (tertiary/aromatic N) is 1. The average Bonchev–Trinajstić information content (AvgIpc) is 2.14. The van der Waals surface area contributed by atoms with Crippen LogP contribution in [0.25, 0.3) is 0 Å². The molecule has 0 aliphatic heterocycles. The molecule has 1 aromatic rings. The van der Waals surface area contributed by atoms with Crippen molar-refractivity contribution in [3.8, 4) is 6.07 Å². The zero-order valence-corrected chi connectivity index (χ0v) is 7.42. The standard InChI is InChI=1S/C10H11FN2/c1-13-7-9(6-12)8-3-2-4-10(11)5-8/h2-5,9,13H,7H2,1H3. The molecular formula is C10H11FN2. The van der Waals surface area contributed by atoms with Crippen molar-refractivity contribution in [3.05, 3.63) is 35.6 Å². The lowest BCUT2D eigenvalue weighted by Gasteiger charge is -2.07. The van der Waals surface area contributed by atoms with Crippen LogP contribution >= 0.6 is 0 Å². The monoisotopic (exact) mass is 178 g/mol. The van der Waals surface area contributed by atoms with E-state index in [4.69, 9.17) is 5.26 Å². The maximum atomic E-state index is 12.8. The van der Waals surface area contributed by atoms with Gasteiger partial charge in [0.15, 0.2) is 0 Å². The van der Waals surface area contributed by atoms with Crippen molar-refractivity contribution in [2.24, 2.45) is 0 Å². The van der Waals surface area contributed by atoms with Gasteiger partial charge < -0.3 is 5.32 Å². The van der Waals surface area contributed by atoms with Crippen LogP contribution in [0, 0.1) is 17.1 Å². The molecule has 0 heterocycles. The number of nitriles is 1. The summed E-state index contributed by atoms with van der Waals surface area (Å²) >= 11 is 0. The molecule has 0 saturated carbocycles. The minimum absolute atomic E-state index is 0.277. The number of rotatable bonds is 3. The topological polar surface area (TPSA) is 35.8 Å². The highest BCUT2D eigenvalue weighted by atomic mass is 19.1. The Morgan fingerprint density at radius 2 is 2.38 bits per heavy atom. The molecule has 0 aromatic heterocycles. The Hall–Kier alpha value is -1.40. The summed E-state index contributed by atoms with van der Waals surface area (Å²) in [5.41, 5.74) is 0.719. The maximum absolute atomic E-state index is 12.8. The Morgan fingerprint density at radius 3 is 2.92 bits per heavy atom. The third kappa shape index (κ3) is 2.53. The lowest BCUT2D eigenvalue weighted by molar-refractivity contribution is 0.622. The first-order valence-electron chi connectivity index (χ1n) is 4.07. The van der Waals surface area contributed by atoms with E-state index in [1.165, 1.54) is 12.1 Å². The van der Waals surface area contributed by atoms with Crippen LogP contribution in [0.5, 0.6) is 0 Å². The average molecular weight is 178 g/mol. The van der Waals surface area contributed by atoms with Gasteiger partial charge >= 0.3 is 0 Å². The molecule has 13 heavy (non-hydrogen) atoms. The third-order valence-corrected chi connectivity index (χ3v) is 1.82. The zero-order chi connectivity index (χ0) is 9.68. The summed E-state index contributed by atoms with van der Waals surface area (Å²) in [6.07, 6.45) is 0. The van der Waals surface area contributed by atoms with Crippen LogP contribution in [0.4, 0.5) is 4.39 Å². The van der Waals surface area contributed by atoms with Crippen molar-refractivity contribution >= 4 is 0 Å². The van der Waals surface area contributed by atoms with E-state index in [0.717, 1.165) is 5.56 Å². The summed E-state index contributed by atoms with van der Waals surface area (Å²) in [6.45, 7) is 0.542. The fraction of sp³-hybridized carbons (Fsp3) is 0.300. The Labute approximate surface area is 77.0 Å². The first kappa shape index (κ1) is 9.69. The van der Waals surface area contributed by atoms with Crippen molar-refractivity contribution in [1.82, 2.24) is 5.32 Å². The van der Waals surface area contributed by atoms with Crippen LogP contribution in [0.3, 0.4) is 0 Å². The van der Waals surface area contributed by atoms with Gasteiger partial charge in [-0.15, -0.1) is 0 Å². The van der Waals surface area contributed by atoms with E-state index >= 15 is 0 Å². The number of likely N-dealkylation sites (N-methyl/N-ethyl adjacent to an activating group) is 1. The molecule has 0 saturated heterocycles. The summed E-state index contributed by atoms with van der Waals surface area (Å²) in [7, 11) is 1.77. The highest BCUT2D eigenvalue weighted by Crippen LogP contribution is 2.14. The molecule has 1 rings (SSSR count). The highest BCUT2D eigenvalue weighted by molar-refractivity contribution is 5.25. The largest absolute Gasteiger partial charge is 0.318 e. The number of halogens is 1. The Morgan fingerprint density at radius 1 is 1.62 bits per heavy atom. The van der Waals surface area contributed by atoms with Gasteiger partial charge in [0.05, 0.1) is 12.0 Å². The quantitative estimate of drug-likeness (QED) is 0.764. The van der Waals surface area contributed by atoms with Gasteiger partial charge in [-0.05, 0) is 24.7 Å². The second-order valence-corrected chi connectivity index (χ2v) is 2.79. The molecule has 0 bridgehead atoms. The molecule has 0 fully saturated rings. The molecule has 68 valence electrons. The van der Waals surface area contributed by atoms with Crippen molar-refractivity contribution in [1.29, 1.82) is 5.26 Å².